The van der Waals surface area contributed by atoms with Gasteiger partial charge in [0.2, 0.25) is 0 Å². The van der Waals surface area contributed by atoms with Gasteiger partial charge in [-0.15, -0.1) is 0 Å². The molecule has 136 valence electrons. The summed E-state index contributed by atoms with van der Waals surface area (Å²) in [6.45, 7) is 0.183. The zero-order valence-electron chi connectivity index (χ0n) is 15.8. The monoisotopic (exact) mass is 387 g/mol. The number of fused-ring (bicyclic) bond motifs is 4. The van der Waals surface area contributed by atoms with Crippen molar-refractivity contribution in [2.75, 3.05) is 5.23 Å². The highest BCUT2D eigenvalue weighted by atomic mass is 32.1. The molecule has 3 heterocycles. The van der Waals surface area contributed by atoms with E-state index in [4.69, 9.17) is 0 Å². The molecule has 1 nitrogen and oxygen atoms in total. The van der Waals surface area contributed by atoms with Crippen molar-refractivity contribution < 1.29 is 0 Å². The standard InChI is InChI=1S/C26H18BNS/c1-3-9-18(10-4-1)24-21-15-16-29-26(21)27-22(25(24)19-11-5-2-6-12-19)17-20-13-7-8-14-23(20)28-27/h1-17,28H. The van der Waals surface area contributed by atoms with E-state index in [0.717, 1.165) is 0 Å². The normalized spacial score (nSPS) is 14.5. The van der Waals surface area contributed by atoms with E-state index in [1.807, 2.05) is 11.3 Å². The minimum Gasteiger partial charge on any atom is -0.419 e. The van der Waals surface area contributed by atoms with E-state index < -0.39 is 0 Å². The molecule has 0 unspecified atom stereocenters. The van der Waals surface area contributed by atoms with Gasteiger partial charge in [-0.1, -0.05) is 84.9 Å². The number of rotatable bonds is 2. The summed E-state index contributed by atoms with van der Waals surface area (Å²) in [6, 6.07) is 32.5. The lowest BCUT2D eigenvalue weighted by Crippen LogP contribution is -2.45. The fourth-order valence-corrected chi connectivity index (χ4v) is 5.48. The lowest BCUT2D eigenvalue weighted by atomic mass is 9.45. The van der Waals surface area contributed by atoms with Gasteiger partial charge in [-0.05, 0) is 56.4 Å². The summed E-state index contributed by atoms with van der Waals surface area (Å²) in [6.07, 6.45) is 2.38. The van der Waals surface area contributed by atoms with Crippen molar-refractivity contribution in [3.63, 3.8) is 0 Å². The summed E-state index contributed by atoms with van der Waals surface area (Å²) in [5.74, 6) is 0. The van der Waals surface area contributed by atoms with Gasteiger partial charge >= 0.3 is 6.85 Å². The highest BCUT2D eigenvalue weighted by Crippen LogP contribution is 2.44. The van der Waals surface area contributed by atoms with E-state index in [-0.39, 0.29) is 6.85 Å². The highest BCUT2D eigenvalue weighted by molar-refractivity contribution is 7.24. The molecule has 1 aromatic heterocycles. The summed E-state index contributed by atoms with van der Waals surface area (Å²) < 4.78 is 1.39. The fourth-order valence-electron chi connectivity index (χ4n) is 4.51. The van der Waals surface area contributed by atoms with Crippen molar-refractivity contribution in [3.8, 4) is 0 Å². The molecular weight excluding hydrogens is 369 g/mol. The van der Waals surface area contributed by atoms with Gasteiger partial charge in [-0.25, -0.2) is 0 Å². The summed E-state index contributed by atoms with van der Waals surface area (Å²) in [5.41, 5.74) is 10.3. The minimum absolute atomic E-state index is 0.183. The van der Waals surface area contributed by atoms with Gasteiger partial charge in [-0.2, -0.15) is 11.3 Å². The zero-order valence-corrected chi connectivity index (χ0v) is 16.6. The summed E-state index contributed by atoms with van der Waals surface area (Å²) in [5, 5.41) is 6.04. The Kier molecular flexibility index (Phi) is 3.81. The third-order valence-electron chi connectivity index (χ3n) is 5.77. The predicted molar refractivity (Wildman–Crippen MR) is 127 cm³/mol. The smallest absolute Gasteiger partial charge is 0.332 e. The van der Waals surface area contributed by atoms with Gasteiger partial charge in [-0.3, -0.25) is 0 Å². The molecule has 3 aromatic carbocycles. The van der Waals surface area contributed by atoms with Gasteiger partial charge in [0.1, 0.15) is 0 Å². The van der Waals surface area contributed by atoms with Crippen LogP contribution in [0.4, 0.5) is 5.69 Å². The number of hydrogen-bond donors (Lipinski definition) is 1. The first kappa shape index (κ1) is 16.6. The number of anilines is 1. The van der Waals surface area contributed by atoms with Crippen LogP contribution in [0.5, 0.6) is 0 Å². The second-order valence-electron chi connectivity index (χ2n) is 7.44. The lowest BCUT2D eigenvalue weighted by molar-refractivity contribution is 1.52. The van der Waals surface area contributed by atoms with Crippen molar-refractivity contribution in [1.29, 1.82) is 0 Å². The average Bonchev–Trinajstić information content (AvgIpc) is 3.28. The number of hydrogen-bond acceptors (Lipinski definition) is 2. The number of thiophene rings is 1. The summed E-state index contributed by atoms with van der Waals surface area (Å²) in [4.78, 5) is 0. The van der Waals surface area contributed by atoms with Gasteiger partial charge in [0.05, 0.1) is 0 Å². The predicted octanol–water partition coefficient (Wildman–Crippen LogP) is 5.97. The SMILES string of the molecule is C1=C2B(Nc3ccccc31)c1sccc1C(c1ccccc1)=C2c1ccccc1. The molecular formula is C26H18BNS. The second-order valence-corrected chi connectivity index (χ2v) is 8.39. The van der Waals surface area contributed by atoms with Crippen LogP contribution in [-0.4, -0.2) is 6.85 Å². The number of benzene rings is 3. The molecule has 0 atom stereocenters. The maximum Gasteiger partial charge on any atom is 0.332 e. The van der Waals surface area contributed by atoms with Crippen LogP contribution in [0.25, 0.3) is 17.2 Å². The molecule has 0 saturated carbocycles. The van der Waals surface area contributed by atoms with E-state index in [0.29, 0.717) is 0 Å². The molecule has 0 saturated heterocycles. The molecule has 0 radical (unpaired) electrons. The molecule has 1 N–H and O–H groups in total. The van der Waals surface area contributed by atoms with E-state index in [2.05, 4.69) is 108 Å². The third-order valence-corrected chi connectivity index (χ3v) is 6.75. The Labute approximate surface area is 175 Å². The van der Waals surface area contributed by atoms with Crippen molar-refractivity contribution in [3.05, 3.63) is 124 Å². The Bertz CT molecular complexity index is 1270. The Morgan fingerprint density at radius 1 is 0.655 bits per heavy atom. The Hall–Kier alpha value is -3.30. The van der Waals surface area contributed by atoms with Gasteiger partial charge < -0.3 is 5.23 Å². The maximum atomic E-state index is 3.82. The zero-order chi connectivity index (χ0) is 19.2. The van der Waals surface area contributed by atoms with Crippen LogP contribution in [0.3, 0.4) is 0 Å². The molecule has 3 heteroatoms. The van der Waals surface area contributed by atoms with Crippen molar-refractivity contribution >= 4 is 45.9 Å². The minimum atomic E-state index is 0.183. The first-order valence-corrected chi connectivity index (χ1v) is 10.8. The van der Waals surface area contributed by atoms with Crippen molar-refractivity contribution in [1.82, 2.24) is 0 Å². The Morgan fingerprint density at radius 3 is 2.07 bits per heavy atom. The molecule has 6 rings (SSSR count). The van der Waals surface area contributed by atoms with Crippen LogP contribution < -0.4 is 10.0 Å². The molecule has 0 bridgehead atoms. The van der Waals surface area contributed by atoms with Crippen LogP contribution in [0.2, 0.25) is 0 Å². The highest BCUT2D eigenvalue weighted by Gasteiger charge is 2.38. The van der Waals surface area contributed by atoms with Crippen LogP contribution in [0, 0.1) is 0 Å². The average molecular weight is 387 g/mol. The van der Waals surface area contributed by atoms with Crippen LogP contribution in [0.1, 0.15) is 22.3 Å². The topological polar surface area (TPSA) is 12.0 Å². The second kappa shape index (κ2) is 6.65. The van der Waals surface area contributed by atoms with Crippen LogP contribution in [-0.2, 0) is 0 Å². The Morgan fingerprint density at radius 2 is 1.31 bits per heavy atom. The van der Waals surface area contributed by atoms with Crippen molar-refractivity contribution in [2.45, 2.75) is 0 Å². The molecule has 0 spiro atoms. The van der Waals surface area contributed by atoms with Crippen molar-refractivity contribution in [2.24, 2.45) is 0 Å². The number of nitrogens with one attached hydrogen (secondary N) is 1. The molecule has 29 heavy (non-hydrogen) atoms. The molecule has 0 amide bonds. The molecule has 0 aliphatic carbocycles. The summed E-state index contributed by atoms with van der Waals surface area (Å²) in [7, 11) is 0. The molecule has 2 aliphatic rings. The van der Waals surface area contributed by atoms with E-state index in [1.165, 1.54) is 49.3 Å². The largest absolute Gasteiger partial charge is 0.419 e. The van der Waals surface area contributed by atoms with E-state index in [1.54, 1.807) is 0 Å². The van der Waals surface area contributed by atoms with Crippen LogP contribution >= 0.6 is 11.3 Å². The van der Waals surface area contributed by atoms with E-state index in [9.17, 15) is 0 Å². The molecule has 4 aromatic rings. The van der Waals surface area contributed by atoms with Gasteiger partial charge in [0.15, 0.2) is 0 Å². The first-order valence-electron chi connectivity index (χ1n) is 9.90. The summed E-state index contributed by atoms with van der Waals surface area (Å²) >= 11 is 1.84. The molecule has 0 fully saturated rings. The quantitative estimate of drug-likeness (QED) is 0.418. The maximum absolute atomic E-state index is 3.82. The Balaban J connectivity index is 1.72. The number of allylic oxidation sites excluding steroid dienone is 2. The third kappa shape index (κ3) is 2.62. The van der Waals surface area contributed by atoms with Gasteiger partial charge in [0.25, 0.3) is 0 Å². The first-order chi connectivity index (χ1) is 14.4. The fraction of sp³-hybridized carbons (Fsp3) is 0. The molecule has 2 aliphatic heterocycles. The van der Waals surface area contributed by atoms with Gasteiger partial charge in [0, 0.05) is 10.5 Å². The lowest BCUT2D eigenvalue weighted by Gasteiger charge is -2.33. The van der Waals surface area contributed by atoms with Crippen LogP contribution in [0.15, 0.2) is 102 Å². The van der Waals surface area contributed by atoms with E-state index >= 15 is 0 Å². The number of para-hydroxylation sites is 1.